The third kappa shape index (κ3) is 4.59. The van der Waals surface area contributed by atoms with E-state index in [1.165, 1.54) is 0 Å². The fourth-order valence-electron chi connectivity index (χ4n) is 3.66. The molecule has 0 amide bonds. The largest absolute Gasteiger partial charge is 0.465 e. The molecule has 0 aromatic heterocycles. The maximum Gasteiger partial charge on any atom is 0.311 e. The van der Waals surface area contributed by atoms with Crippen molar-refractivity contribution in [1.82, 2.24) is 0 Å². The minimum absolute atomic E-state index is 0.0682. The molecule has 0 unspecified atom stereocenters. The molecule has 2 aliphatic rings. The number of rotatable bonds is 5. The van der Waals surface area contributed by atoms with Crippen LogP contribution in [0.25, 0.3) is 0 Å². The van der Waals surface area contributed by atoms with Crippen LogP contribution in [-0.4, -0.2) is 30.6 Å². The Morgan fingerprint density at radius 1 is 1.19 bits per heavy atom. The smallest absolute Gasteiger partial charge is 0.311 e. The monoisotopic (exact) mass is 380 g/mol. The molecule has 26 heavy (non-hydrogen) atoms. The van der Waals surface area contributed by atoms with Crippen LogP contribution in [0.3, 0.4) is 0 Å². The zero-order valence-corrected chi connectivity index (χ0v) is 16.7. The summed E-state index contributed by atoms with van der Waals surface area (Å²) in [6, 6.07) is 7.85. The second kappa shape index (κ2) is 7.87. The summed E-state index contributed by atoms with van der Waals surface area (Å²) in [4.78, 5) is 12.0. The van der Waals surface area contributed by atoms with Crippen LogP contribution in [0.15, 0.2) is 24.3 Å². The number of carbonyl (C=O) groups excluding carboxylic acids is 1. The van der Waals surface area contributed by atoms with E-state index in [2.05, 4.69) is 0 Å². The van der Waals surface area contributed by atoms with E-state index in [1.807, 2.05) is 45.0 Å². The molecule has 1 saturated heterocycles. The van der Waals surface area contributed by atoms with Gasteiger partial charge in [0.05, 0.1) is 24.2 Å². The Morgan fingerprint density at radius 2 is 1.85 bits per heavy atom. The first-order valence-corrected chi connectivity index (χ1v) is 9.93. The molecule has 1 heterocycles. The first-order valence-electron chi connectivity index (χ1n) is 9.55. The second-order valence-electron chi connectivity index (χ2n) is 8.40. The molecule has 1 aromatic rings. The molecular weight excluding hydrogens is 352 g/mol. The predicted octanol–water partition coefficient (Wildman–Crippen LogP) is 4.92. The predicted molar refractivity (Wildman–Crippen MR) is 101 cm³/mol. The highest BCUT2D eigenvalue weighted by molar-refractivity contribution is 6.31. The van der Waals surface area contributed by atoms with Gasteiger partial charge in [-0.3, -0.25) is 4.79 Å². The normalized spacial score (nSPS) is 24.9. The van der Waals surface area contributed by atoms with Crippen LogP contribution in [0.2, 0.25) is 5.02 Å². The zero-order valence-electron chi connectivity index (χ0n) is 15.9. The molecule has 144 valence electrons. The van der Waals surface area contributed by atoms with Crippen LogP contribution in [0.4, 0.5) is 0 Å². The Bertz CT molecular complexity index is 631. The van der Waals surface area contributed by atoms with E-state index in [-0.39, 0.29) is 18.2 Å². The molecule has 1 aromatic carbocycles. The van der Waals surface area contributed by atoms with Gasteiger partial charge in [0.25, 0.3) is 0 Å². The quantitative estimate of drug-likeness (QED) is 0.680. The van der Waals surface area contributed by atoms with Gasteiger partial charge in [0.1, 0.15) is 0 Å². The molecule has 1 spiro atoms. The van der Waals surface area contributed by atoms with Gasteiger partial charge < -0.3 is 14.2 Å². The van der Waals surface area contributed by atoms with E-state index in [9.17, 15) is 4.79 Å². The van der Waals surface area contributed by atoms with Crippen molar-refractivity contribution in [2.24, 2.45) is 5.41 Å². The minimum Gasteiger partial charge on any atom is -0.465 e. The number of esters is 1. The van der Waals surface area contributed by atoms with E-state index in [1.54, 1.807) is 0 Å². The molecule has 2 atom stereocenters. The van der Waals surface area contributed by atoms with Gasteiger partial charge >= 0.3 is 5.97 Å². The maximum absolute atomic E-state index is 12.0. The lowest BCUT2D eigenvalue weighted by Crippen LogP contribution is -2.29. The lowest BCUT2D eigenvalue weighted by molar-refractivity contribution is -0.171. The second-order valence-corrected chi connectivity index (χ2v) is 8.81. The fraction of sp³-hybridized carbons (Fsp3) is 0.667. The number of hydrogen-bond acceptors (Lipinski definition) is 4. The van der Waals surface area contributed by atoms with Crippen molar-refractivity contribution in [2.75, 3.05) is 6.61 Å². The van der Waals surface area contributed by atoms with E-state index in [4.69, 9.17) is 25.8 Å². The highest BCUT2D eigenvalue weighted by atomic mass is 35.5. The maximum atomic E-state index is 12.0. The van der Waals surface area contributed by atoms with Crippen molar-refractivity contribution in [3.63, 3.8) is 0 Å². The first kappa shape index (κ1) is 19.7. The molecule has 3 rings (SSSR count). The lowest BCUT2D eigenvalue weighted by atomic mass is 9.97. The van der Waals surface area contributed by atoms with Crippen molar-refractivity contribution < 1.29 is 19.0 Å². The van der Waals surface area contributed by atoms with Crippen LogP contribution in [0.5, 0.6) is 0 Å². The summed E-state index contributed by atoms with van der Waals surface area (Å²) in [7, 11) is 0. The van der Waals surface area contributed by atoms with Crippen molar-refractivity contribution in [2.45, 2.75) is 77.3 Å². The zero-order chi connectivity index (χ0) is 18.8. The number of hydrogen-bond donors (Lipinski definition) is 0. The highest BCUT2D eigenvalue weighted by Crippen LogP contribution is 2.43. The van der Waals surface area contributed by atoms with Gasteiger partial charge in [-0.05, 0) is 45.2 Å². The Morgan fingerprint density at radius 3 is 2.50 bits per heavy atom. The molecule has 4 nitrogen and oxygen atoms in total. The SMILES string of the molecule is CC(C)(C)C(=O)OCC[C@@H]1OC2(CCCC2)O[C@H]1Cc1ccccc1Cl. The van der Waals surface area contributed by atoms with Crippen LogP contribution in [0, 0.1) is 5.41 Å². The Hall–Kier alpha value is -1.10. The van der Waals surface area contributed by atoms with Crippen molar-refractivity contribution in [3.8, 4) is 0 Å². The third-order valence-corrected chi connectivity index (χ3v) is 5.51. The standard InChI is InChI=1S/C21H29ClO4/c1-20(2,3)19(23)24-13-10-17-18(14-15-8-4-5-9-16(15)22)26-21(25-17)11-6-7-12-21/h4-5,8-9,17-18H,6-7,10-14H2,1-3H3/t17-,18-/m0/s1. The van der Waals surface area contributed by atoms with Crippen molar-refractivity contribution >= 4 is 17.6 Å². The average molecular weight is 381 g/mol. The number of benzene rings is 1. The fourth-order valence-corrected chi connectivity index (χ4v) is 3.88. The molecule has 2 fully saturated rings. The Balaban J connectivity index is 1.64. The molecule has 1 aliphatic carbocycles. The topological polar surface area (TPSA) is 44.8 Å². The molecule has 1 saturated carbocycles. The number of ether oxygens (including phenoxy) is 3. The summed E-state index contributed by atoms with van der Waals surface area (Å²) in [6.07, 6.45) is 5.32. The van der Waals surface area contributed by atoms with E-state index < -0.39 is 11.2 Å². The average Bonchev–Trinajstić information content (AvgIpc) is 3.16. The summed E-state index contributed by atoms with van der Waals surface area (Å²) >= 11 is 6.33. The van der Waals surface area contributed by atoms with Crippen molar-refractivity contribution in [1.29, 1.82) is 0 Å². The summed E-state index contributed by atoms with van der Waals surface area (Å²) in [5, 5.41) is 0.751. The van der Waals surface area contributed by atoms with E-state index in [0.717, 1.165) is 36.3 Å². The van der Waals surface area contributed by atoms with E-state index >= 15 is 0 Å². The van der Waals surface area contributed by atoms with Crippen molar-refractivity contribution in [3.05, 3.63) is 34.9 Å². The van der Waals surface area contributed by atoms with Crippen LogP contribution in [-0.2, 0) is 25.4 Å². The van der Waals surface area contributed by atoms with Crippen LogP contribution >= 0.6 is 11.6 Å². The minimum atomic E-state index is -0.489. The molecule has 1 aliphatic heterocycles. The summed E-state index contributed by atoms with van der Waals surface area (Å²) in [6.45, 7) is 5.92. The first-order chi connectivity index (χ1) is 12.3. The lowest BCUT2D eigenvalue weighted by Gasteiger charge is -2.22. The number of halogens is 1. The summed E-state index contributed by atoms with van der Waals surface area (Å²) in [5.74, 6) is -0.639. The van der Waals surface area contributed by atoms with Crippen LogP contribution in [0.1, 0.15) is 58.4 Å². The Labute approximate surface area is 161 Å². The van der Waals surface area contributed by atoms with Gasteiger partial charge in [-0.25, -0.2) is 0 Å². The molecule has 5 heteroatoms. The third-order valence-electron chi connectivity index (χ3n) is 5.14. The molecule has 0 N–H and O–H groups in total. The summed E-state index contributed by atoms with van der Waals surface area (Å²) < 4.78 is 18.2. The molecular formula is C21H29ClO4. The molecule has 0 radical (unpaired) electrons. The Kier molecular flexibility index (Phi) is 5.95. The van der Waals surface area contributed by atoms with Gasteiger partial charge in [0.15, 0.2) is 5.79 Å². The van der Waals surface area contributed by atoms with E-state index in [0.29, 0.717) is 19.4 Å². The van der Waals surface area contributed by atoms with Gasteiger partial charge in [0.2, 0.25) is 0 Å². The van der Waals surface area contributed by atoms with Crippen LogP contribution < -0.4 is 0 Å². The highest BCUT2D eigenvalue weighted by Gasteiger charge is 2.48. The van der Waals surface area contributed by atoms with Gasteiger partial charge in [-0.2, -0.15) is 0 Å². The number of carbonyl (C=O) groups is 1. The van der Waals surface area contributed by atoms with Gasteiger partial charge in [-0.1, -0.05) is 29.8 Å². The van der Waals surface area contributed by atoms with Gasteiger partial charge in [0, 0.05) is 30.7 Å². The molecule has 0 bridgehead atoms. The summed E-state index contributed by atoms with van der Waals surface area (Å²) in [5.41, 5.74) is 0.575. The van der Waals surface area contributed by atoms with Gasteiger partial charge in [-0.15, -0.1) is 0 Å².